The van der Waals surface area contributed by atoms with Crippen LogP contribution in [0.3, 0.4) is 0 Å². The summed E-state index contributed by atoms with van der Waals surface area (Å²) < 4.78 is 5.16. The van der Waals surface area contributed by atoms with E-state index in [0.29, 0.717) is 17.7 Å². The van der Waals surface area contributed by atoms with E-state index in [1.807, 2.05) is 12.1 Å². The molecule has 0 radical (unpaired) electrons. The maximum atomic E-state index is 12.3. The largest absolute Gasteiger partial charge is 0.494 e. The summed E-state index contributed by atoms with van der Waals surface area (Å²) in [5.74, 6) is 0.568. The molecule has 1 heterocycles. The number of methoxy groups -OCH3 is 1. The van der Waals surface area contributed by atoms with Crippen molar-refractivity contribution in [1.29, 1.82) is 0 Å². The fourth-order valence-corrected chi connectivity index (χ4v) is 1.97. The lowest BCUT2D eigenvalue weighted by Crippen LogP contribution is -2.06. The van der Waals surface area contributed by atoms with Gasteiger partial charge in [-0.05, 0) is 36.6 Å². The normalized spacial score (nSPS) is 10.3. The Bertz CT molecular complexity index is 605. The van der Waals surface area contributed by atoms with Crippen molar-refractivity contribution in [2.45, 2.75) is 20.3 Å². The molecular weight excluding hydrogens is 238 g/mol. The third-order valence-corrected chi connectivity index (χ3v) is 3.24. The molecule has 0 aliphatic rings. The van der Waals surface area contributed by atoms with Gasteiger partial charge >= 0.3 is 0 Å². The molecule has 0 spiro atoms. The van der Waals surface area contributed by atoms with Crippen LogP contribution in [-0.4, -0.2) is 17.9 Å². The highest BCUT2D eigenvalue weighted by Crippen LogP contribution is 2.19. The van der Waals surface area contributed by atoms with Gasteiger partial charge in [0, 0.05) is 12.6 Å². The van der Waals surface area contributed by atoms with Crippen LogP contribution in [-0.2, 0) is 6.42 Å². The van der Waals surface area contributed by atoms with Crippen LogP contribution >= 0.6 is 0 Å². The van der Waals surface area contributed by atoms with Crippen LogP contribution in [0, 0.1) is 13.8 Å². The summed E-state index contributed by atoms with van der Waals surface area (Å²) in [5.41, 5.74) is 4.03. The second kappa shape index (κ2) is 5.65. The third-order valence-electron chi connectivity index (χ3n) is 3.24. The molecule has 0 fully saturated rings. The first-order valence-electron chi connectivity index (χ1n) is 6.19. The van der Waals surface area contributed by atoms with Gasteiger partial charge in [0.1, 0.15) is 5.75 Å². The van der Waals surface area contributed by atoms with Gasteiger partial charge in [0.2, 0.25) is 0 Å². The molecule has 3 heteroatoms. The van der Waals surface area contributed by atoms with Gasteiger partial charge in [-0.15, -0.1) is 0 Å². The SMILES string of the molecule is COc1cnccc1C(=O)Cc1ccc(C)c(C)c1. The molecule has 0 saturated heterocycles. The van der Waals surface area contributed by atoms with E-state index in [4.69, 9.17) is 4.74 Å². The smallest absolute Gasteiger partial charge is 0.171 e. The van der Waals surface area contributed by atoms with Gasteiger partial charge in [0.15, 0.2) is 5.78 Å². The Balaban J connectivity index is 2.23. The number of pyridine rings is 1. The third kappa shape index (κ3) is 2.99. The number of Topliss-reactive ketones (excluding diaryl/α,β-unsaturated/α-hetero) is 1. The van der Waals surface area contributed by atoms with E-state index in [1.165, 1.54) is 11.1 Å². The van der Waals surface area contributed by atoms with Crippen LogP contribution in [0.4, 0.5) is 0 Å². The lowest BCUT2D eigenvalue weighted by Gasteiger charge is -2.08. The second-order valence-electron chi connectivity index (χ2n) is 4.59. The fourth-order valence-electron chi connectivity index (χ4n) is 1.97. The van der Waals surface area contributed by atoms with Gasteiger partial charge < -0.3 is 4.74 Å². The molecule has 0 N–H and O–H groups in total. The molecule has 0 unspecified atom stereocenters. The van der Waals surface area contributed by atoms with Crippen LogP contribution < -0.4 is 4.74 Å². The van der Waals surface area contributed by atoms with Crippen molar-refractivity contribution < 1.29 is 9.53 Å². The Morgan fingerprint density at radius 3 is 2.68 bits per heavy atom. The second-order valence-corrected chi connectivity index (χ2v) is 4.59. The number of aryl methyl sites for hydroxylation is 2. The molecule has 1 aromatic heterocycles. The van der Waals surface area contributed by atoms with Gasteiger partial charge in [-0.3, -0.25) is 9.78 Å². The van der Waals surface area contributed by atoms with Crippen molar-refractivity contribution in [3.8, 4) is 5.75 Å². The first kappa shape index (κ1) is 13.3. The number of carbonyl (C=O) groups excluding carboxylic acids is 1. The highest BCUT2D eigenvalue weighted by molar-refractivity contribution is 5.99. The van der Waals surface area contributed by atoms with Gasteiger partial charge in [0.05, 0.1) is 18.9 Å². The summed E-state index contributed by atoms with van der Waals surface area (Å²) >= 11 is 0. The predicted molar refractivity (Wildman–Crippen MR) is 74.7 cm³/mol. The Morgan fingerprint density at radius 2 is 2.00 bits per heavy atom. The number of benzene rings is 1. The standard InChI is InChI=1S/C16H17NO2/c1-11-4-5-13(8-12(11)2)9-15(18)14-6-7-17-10-16(14)19-3/h4-8,10H,9H2,1-3H3. The molecule has 98 valence electrons. The number of carbonyl (C=O) groups is 1. The van der Waals surface area contributed by atoms with Crippen molar-refractivity contribution in [3.05, 3.63) is 58.9 Å². The topological polar surface area (TPSA) is 39.2 Å². The van der Waals surface area contributed by atoms with Crippen LogP contribution in [0.1, 0.15) is 27.0 Å². The molecule has 19 heavy (non-hydrogen) atoms. The lowest BCUT2D eigenvalue weighted by atomic mass is 10.00. The van der Waals surface area contributed by atoms with E-state index in [0.717, 1.165) is 5.56 Å². The predicted octanol–water partition coefficient (Wildman–Crippen LogP) is 3.13. The maximum absolute atomic E-state index is 12.3. The molecular formula is C16H17NO2. The zero-order valence-corrected chi connectivity index (χ0v) is 11.4. The lowest BCUT2D eigenvalue weighted by molar-refractivity contribution is 0.0990. The first-order valence-corrected chi connectivity index (χ1v) is 6.19. The average molecular weight is 255 g/mol. The summed E-state index contributed by atoms with van der Waals surface area (Å²) in [6.45, 7) is 4.11. The van der Waals surface area contributed by atoms with Crippen molar-refractivity contribution >= 4 is 5.78 Å². The van der Waals surface area contributed by atoms with Crippen LogP contribution in [0.25, 0.3) is 0 Å². The van der Waals surface area contributed by atoms with Gasteiger partial charge in [-0.1, -0.05) is 18.2 Å². The van der Waals surface area contributed by atoms with E-state index < -0.39 is 0 Å². The van der Waals surface area contributed by atoms with E-state index in [1.54, 1.807) is 25.6 Å². The molecule has 0 amide bonds. The molecule has 1 aromatic carbocycles. The zero-order chi connectivity index (χ0) is 13.8. The van der Waals surface area contributed by atoms with Gasteiger partial charge in [0.25, 0.3) is 0 Å². The van der Waals surface area contributed by atoms with Crippen molar-refractivity contribution in [2.24, 2.45) is 0 Å². The number of hydrogen-bond acceptors (Lipinski definition) is 3. The fraction of sp³-hybridized carbons (Fsp3) is 0.250. The van der Waals surface area contributed by atoms with Crippen molar-refractivity contribution in [1.82, 2.24) is 4.98 Å². The van der Waals surface area contributed by atoms with Crippen molar-refractivity contribution in [2.75, 3.05) is 7.11 Å². The highest BCUT2D eigenvalue weighted by atomic mass is 16.5. The molecule has 3 nitrogen and oxygen atoms in total. The van der Waals surface area contributed by atoms with E-state index in [2.05, 4.69) is 24.9 Å². The van der Waals surface area contributed by atoms with E-state index >= 15 is 0 Å². The minimum absolute atomic E-state index is 0.0440. The Kier molecular flexibility index (Phi) is 3.95. The number of aromatic nitrogens is 1. The summed E-state index contributed by atoms with van der Waals surface area (Å²) in [5, 5.41) is 0. The first-order chi connectivity index (χ1) is 9.11. The van der Waals surface area contributed by atoms with Crippen molar-refractivity contribution in [3.63, 3.8) is 0 Å². The van der Waals surface area contributed by atoms with Crippen LogP contribution in [0.2, 0.25) is 0 Å². The molecule has 0 atom stereocenters. The maximum Gasteiger partial charge on any atom is 0.171 e. The summed E-state index contributed by atoms with van der Waals surface area (Å²) in [7, 11) is 1.55. The number of hydrogen-bond donors (Lipinski definition) is 0. The minimum Gasteiger partial charge on any atom is -0.494 e. The Labute approximate surface area is 113 Å². The molecule has 2 rings (SSSR count). The number of ether oxygens (including phenoxy) is 1. The minimum atomic E-state index is 0.0440. The quantitative estimate of drug-likeness (QED) is 0.788. The zero-order valence-electron chi connectivity index (χ0n) is 11.4. The monoisotopic (exact) mass is 255 g/mol. The summed E-state index contributed by atoms with van der Waals surface area (Å²) in [4.78, 5) is 16.2. The van der Waals surface area contributed by atoms with Crippen LogP contribution in [0.15, 0.2) is 36.7 Å². The summed E-state index contributed by atoms with van der Waals surface area (Å²) in [6, 6.07) is 7.79. The van der Waals surface area contributed by atoms with E-state index in [9.17, 15) is 4.79 Å². The molecule has 0 saturated carbocycles. The number of nitrogens with zero attached hydrogens (tertiary/aromatic N) is 1. The number of ketones is 1. The Morgan fingerprint density at radius 1 is 1.21 bits per heavy atom. The van der Waals surface area contributed by atoms with Gasteiger partial charge in [-0.25, -0.2) is 0 Å². The molecule has 0 aliphatic carbocycles. The summed E-state index contributed by atoms with van der Waals surface area (Å²) in [6.07, 6.45) is 3.55. The number of rotatable bonds is 4. The van der Waals surface area contributed by atoms with Crippen LogP contribution in [0.5, 0.6) is 5.75 Å². The van der Waals surface area contributed by atoms with E-state index in [-0.39, 0.29) is 5.78 Å². The van der Waals surface area contributed by atoms with Gasteiger partial charge in [-0.2, -0.15) is 0 Å². The average Bonchev–Trinajstić information content (AvgIpc) is 2.43. The Hall–Kier alpha value is -2.16. The molecule has 0 aliphatic heterocycles. The highest BCUT2D eigenvalue weighted by Gasteiger charge is 2.12. The molecule has 2 aromatic rings. The molecule has 0 bridgehead atoms.